The van der Waals surface area contributed by atoms with E-state index in [1.54, 1.807) is 18.5 Å². The van der Waals surface area contributed by atoms with E-state index in [1.165, 1.54) is 10.4 Å². The Hall–Kier alpha value is -4.11. The van der Waals surface area contributed by atoms with Crippen LogP contribution in [-0.4, -0.2) is 40.4 Å². The highest BCUT2D eigenvalue weighted by molar-refractivity contribution is 5.83. The predicted octanol–water partition coefficient (Wildman–Crippen LogP) is 3.62. The Bertz CT molecular complexity index is 1610. The maximum absolute atomic E-state index is 13.6. The van der Waals surface area contributed by atoms with Crippen LogP contribution in [0.15, 0.2) is 66.1 Å². The second-order valence-corrected chi connectivity index (χ2v) is 9.14. The van der Waals surface area contributed by atoms with Gasteiger partial charge in [-0.15, -0.1) is 0 Å². The molecule has 0 saturated heterocycles. The van der Waals surface area contributed by atoms with Gasteiger partial charge >= 0.3 is 0 Å². The van der Waals surface area contributed by atoms with Crippen molar-refractivity contribution in [3.63, 3.8) is 0 Å². The number of hydrogen-bond donors (Lipinski definition) is 1. The van der Waals surface area contributed by atoms with Crippen LogP contribution in [0.1, 0.15) is 44.2 Å². The second-order valence-electron chi connectivity index (χ2n) is 9.14. The Kier molecular flexibility index (Phi) is 5.07. The molecule has 0 radical (unpaired) electrons. The van der Waals surface area contributed by atoms with Gasteiger partial charge in [-0.25, -0.2) is 15.0 Å². The lowest BCUT2D eigenvalue weighted by Crippen LogP contribution is -2.28. The summed E-state index contributed by atoms with van der Waals surface area (Å²) in [5.41, 5.74) is 3.63. The minimum Gasteiger partial charge on any atom is -0.327 e. The summed E-state index contributed by atoms with van der Waals surface area (Å²) in [7, 11) is 0. The van der Waals surface area contributed by atoms with Crippen molar-refractivity contribution in [2.45, 2.75) is 39.3 Å². The molecule has 1 aromatic carbocycles. The quantitative estimate of drug-likeness (QED) is 0.435. The van der Waals surface area contributed by atoms with Gasteiger partial charge in [0.1, 0.15) is 5.69 Å². The third kappa shape index (κ3) is 3.55. The summed E-state index contributed by atoms with van der Waals surface area (Å²) in [5, 5.41) is 9.22. The van der Waals surface area contributed by atoms with Gasteiger partial charge in [0, 0.05) is 54.2 Å². The zero-order chi connectivity index (χ0) is 24.1. The summed E-state index contributed by atoms with van der Waals surface area (Å²) in [5.74, 6) is 1.21. The molecule has 0 spiro atoms. The van der Waals surface area contributed by atoms with E-state index in [-0.39, 0.29) is 17.6 Å². The van der Waals surface area contributed by atoms with Crippen molar-refractivity contribution in [1.82, 2.24) is 39.2 Å². The van der Waals surface area contributed by atoms with E-state index in [2.05, 4.69) is 50.3 Å². The largest absolute Gasteiger partial charge is 0.327 e. The summed E-state index contributed by atoms with van der Waals surface area (Å²) in [4.78, 5) is 27.4. The minimum absolute atomic E-state index is 0.214. The predicted molar refractivity (Wildman–Crippen MR) is 134 cm³/mol. The van der Waals surface area contributed by atoms with E-state index in [9.17, 15) is 4.79 Å². The zero-order valence-corrected chi connectivity index (χ0v) is 19.9. The highest BCUT2D eigenvalue weighted by atomic mass is 16.1. The number of imidazole rings is 2. The average molecular weight is 467 g/mol. The zero-order valence-electron chi connectivity index (χ0n) is 19.9. The fraction of sp³-hybridized carbons (Fsp3) is 0.269. The van der Waals surface area contributed by atoms with E-state index in [0.717, 1.165) is 35.6 Å². The molecule has 176 valence electrons. The molecule has 0 bridgehead atoms. The number of benzene rings is 1. The van der Waals surface area contributed by atoms with Crippen LogP contribution in [0.2, 0.25) is 0 Å². The highest BCUT2D eigenvalue weighted by Crippen LogP contribution is 2.25. The fourth-order valence-electron chi connectivity index (χ4n) is 4.76. The van der Waals surface area contributed by atoms with Crippen LogP contribution in [0.25, 0.3) is 33.8 Å². The van der Waals surface area contributed by atoms with Gasteiger partial charge in [-0.3, -0.25) is 4.79 Å². The van der Waals surface area contributed by atoms with Gasteiger partial charge in [0.15, 0.2) is 11.6 Å². The number of pyridine rings is 1. The average Bonchev–Trinajstić information content (AvgIpc) is 3.53. The van der Waals surface area contributed by atoms with Crippen LogP contribution in [0.4, 0.5) is 0 Å². The maximum atomic E-state index is 13.6. The van der Waals surface area contributed by atoms with Crippen molar-refractivity contribution in [2.24, 2.45) is 0 Å². The molecular formula is C26H26N8O. The molecule has 9 nitrogen and oxygen atoms in total. The highest BCUT2D eigenvalue weighted by Gasteiger charge is 2.22. The molecular weight excluding hydrogens is 440 g/mol. The normalized spacial score (nSPS) is 15.6. The number of hydrogen-bond acceptors (Lipinski definition) is 6. The Morgan fingerprint density at radius 1 is 1.14 bits per heavy atom. The summed E-state index contributed by atoms with van der Waals surface area (Å²) in [6.07, 6.45) is 8.14. The molecule has 1 aliphatic heterocycles. The van der Waals surface area contributed by atoms with Crippen LogP contribution in [0.3, 0.4) is 0 Å². The van der Waals surface area contributed by atoms with Crippen LogP contribution in [0, 0.1) is 0 Å². The Morgan fingerprint density at radius 3 is 2.89 bits per heavy atom. The molecule has 0 saturated carbocycles. The lowest BCUT2D eigenvalue weighted by atomic mass is 10.1. The molecule has 6 rings (SSSR count). The maximum Gasteiger partial charge on any atom is 0.280 e. The summed E-state index contributed by atoms with van der Waals surface area (Å²) < 4.78 is 5.49. The molecule has 9 heteroatoms. The van der Waals surface area contributed by atoms with E-state index in [4.69, 9.17) is 4.98 Å². The van der Waals surface area contributed by atoms with Gasteiger partial charge in [-0.05, 0) is 45.0 Å². The van der Waals surface area contributed by atoms with Crippen molar-refractivity contribution in [2.75, 3.05) is 6.54 Å². The summed E-state index contributed by atoms with van der Waals surface area (Å²) >= 11 is 0. The second kappa shape index (κ2) is 8.28. The lowest BCUT2D eigenvalue weighted by molar-refractivity contribution is 0.523. The number of nitrogens with zero attached hydrogens (tertiary/aromatic N) is 7. The SMILES string of the molecule is CC1NCCc2c1ncn2-c1ccc2cnn(-c3cccc(-c4nccn4C(C)C)n3)c(=O)c2c1. The first-order valence-electron chi connectivity index (χ1n) is 11.8. The topological polar surface area (TPSA) is 95.5 Å². The van der Waals surface area contributed by atoms with Crippen LogP contribution in [-0.2, 0) is 6.42 Å². The van der Waals surface area contributed by atoms with Crippen molar-refractivity contribution < 1.29 is 0 Å². The Labute approximate surface area is 202 Å². The van der Waals surface area contributed by atoms with Crippen molar-refractivity contribution in [3.05, 3.63) is 83.1 Å². The molecule has 1 aliphatic rings. The van der Waals surface area contributed by atoms with Crippen molar-refractivity contribution in [1.29, 1.82) is 0 Å². The standard InChI is InChI=1S/C26H26N8O/c1-16(2)32-12-11-28-25(32)21-5-4-6-23(31-21)34-26(35)20-13-19(8-7-18(20)14-30-34)33-15-29-24-17(3)27-10-9-22(24)33/h4-8,11-17,27H,9-10H2,1-3H3. The molecule has 1 atom stereocenters. The van der Waals surface area contributed by atoms with E-state index < -0.39 is 0 Å². The molecule has 0 amide bonds. The molecule has 5 heterocycles. The van der Waals surface area contributed by atoms with E-state index >= 15 is 0 Å². The summed E-state index contributed by atoms with van der Waals surface area (Å²) in [6, 6.07) is 11.9. The van der Waals surface area contributed by atoms with Crippen LogP contribution in [0.5, 0.6) is 0 Å². The van der Waals surface area contributed by atoms with Gasteiger partial charge in [0.2, 0.25) is 0 Å². The lowest BCUT2D eigenvalue weighted by Gasteiger charge is -2.21. The number of aromatic nitrogens is 7. The third-order valence-corrected chi connectivity index (χ3v) is 6.58. The molecule has 1 N–H and O–H groups in total. The van der Waals surface area contributed by atoms with Gasteiger partial charge < -0.3 is 14.5 Å². The number of rotatable bonds is 4. The van der Waals surface area contributed by atoms with Gasteiger partial charge in [-0.1, -0.05) is 12.1 Å². The monoisotopic (exact) mass is 466 g/mol. The molecule has 0 aliphatic carbocycles. The fourth-order valence-corrected chi connectivity index (χ4v) is 4.76. The Balaban J connectivity index is 1.45. The van der Waals surface area contributed by atoms with E-state index in [1.807, 2.05) is 42.9 Å². The van der Waals surface area contributed by atoms with Crippen LogP contribution >= 0.6 is 0 Å². The van der Waals surface area contributed by atoms with E-state index in [0.29, 0.717) is 16.9 Å². The first-order chi connectivity index (χ1) is 17.0. The molecule has 35 heavy (non-hydrogen) atoms. The molecule has 1 unspecified atom stereocenters. The smallest absolute Gasteiger partial charge is 0.280 e. The van der Waals surface area contributed by atoms with Gasteiger partial charge in [0.05, 0.1) is 23.6 Å². The molecule has 0 fully saturated rings. The van der Waals surface area contributed by atoms with Crippen molar-refractivity contribution in [3.8, 4) is 23.0 Å². The van der Waals surface area contributed by atoms with Crippen molar-refractivity contribution >= 4 is 10.8 Å². The third-order valence-electron chi connectivity index (χ3n) is 6.58. The first kappa shape index (κ1) is 21.4. The summed E-state index contributed by atoms with van der Waals surface area (Å²) in [6.45, 7) is 7.21. The molecule has 5 aromatic rings. The minimum atomic E-state index is -0.217. The Morgan fingerprint density at radius 2 is 2.03 bits per heavy atom. The molecule has 4 aromatic heterocycles. The number of fused-ring (bicyclic) bond motifs is 2. The van der Waals surface area contributed by atoms with Gasteiger partial charge in [-0.2, -0.15) is 9.78 Å². The first-order valence-corrected chi connectivity index (χ1v) is 11.8. The van der Waals surface area contributed by atoms with Gasteiger partial charge in [0.25, 0.3) is 5.56 Å². The number of nitrogens with one attached hydrogen (secondary N) is 1. The van der Waals surface area contributed by atoms with Crippen LogP contribution < -0.4 is 10.9 Å².